The Kier molecular flexibility index (Phi) is 39.3. The molecule has 1 aliphatic rings. The first-order valence-electron chi connectivity index (χ1n) is 29.0. The molecule has 0 saturated carbocycles. The zero-order valence-corrected chi connectivity index (χ0v) is 50.7. The lowest BCUT2D eigenvalue weighted by molar-refractivity contribution is -0.136. The molecule has 0 atom stereocenters. The summed E-state index contributed by atoms with van der Waals surface area (Å²) in [6.07, 6.45) is 7.23. The first-order chi connectivity index (χ1) is 41.0. The van der Waals surface area contributed by atoms with E-state index >= 15 is 0 Å². The van der Waals surface area contributed by atoms with Crippen LogP contribution < -0.4 is 26.4 Å². The lowest BCUT2D eigenvalue weighted by atomic mass is 9.92. The fourth-order valence-corrected chi connectivity index (χ4v) is 8.80. The van der Waals surface area contributed by atoms with E-state index in [0.717, 1.165) is 47.5 Å². The number of esters is 1. The molecule has 4 amide bonds. The number of amidine groups is 1. The van der Waals surface area contributed by atoms with E-state index in [4.69, 9.17) is 53.1 Å². The van der Waals surface area contributed by atoms with Gasteiger partial charge in [0.15, 0.2) is 11.6 Å². The number of amides is 4. The number of hydrogen-bond acceptors (Lipinski definition) is 19. The van der Waals surface area contributed by atoms with Crippen molar-refractivity contribution in [2.24, 2.45) is 16.1 Å². The second-order valence-corrected chi connectivity index (χ2v) is 21.6. The van der Waals surface area contributed by atoms with Gasteiger partial charge in [-0.15, -0.1) is 11.3 Å². The Morgan fingerprint density at radius 1 is 0.588 bits per heavy atom. The van der Waals surface area contributed by atoms with Gasteiger partial charge in [-0.25, -0.2) is 13.8 Å². The van der Waals surface area contributed by atoms with Crippen LogP contribution in [0.4, 0.5) is 23.2 Å². The third kappa shape index (κ3) is 35.3. The van der Waals surface area contributed by atoms with Gasteiger partial charge >= 0.3 is 5.97 Å². The SMILES string of the molecule is CCCN(CCCNC(=O)CC(C)(C)C)C(=O)C1=Cc2sc(CCCCCNC(=O)CNC(=O)CCOCCOCCOCCOCCOCCOCCOCCOCCOCCOCCC(=O)Oc3c(F)c(F)cc(F)c3F)cc2N=C(N)C1. The summed E-state index contributed by atoms with van der Waals surface area (Å²) in [6, 6.07) is 2.05. The summed E-state index contributed by atoms with van der Waals surface area (Å²) in [4.78, 5) is 70.7. The highest BCUT2D eigenvalue weighted by Gasteiger charge is 2.25. The van der Waals surface area contributed by atoms with Crippen molar-refractivity contribution in [3.63, 3.8) is 0 Å². The number of ether oxygens (including phenoxy) is 11. The van der Waals surface area contributed by atoms with Gasteiger partial charge in [-0.1, -0.05) is 34.1 Å². The maximum atomic E-state index is 13.7. The molecule has 1 aliphatic heterocycles. The molecule has 0 fully saturated rings. The fourth-order valence-electron chi connectivity index (χ4n) is 7.69. The van der Waals surface area contributed by atoms with Crippen LogP contribution in [-0.2, 0) is 77.8 Å². The van der Waals surface area contributed by atoms with E-state index in [1.54, 1.807) is 11.3 Å². The number of nitrogens with two attached hydrogens (primary N) is 1. The fraction of sp³-hybridized carbons (Fsp3) is 0.690. The van der Waals surface area contributed by atoms with E-state index in [1.165, 1.54) is 0 Å². The van der Waals surface area contributed by atoms with Crippen LogP contribution in [0.3, 0.4) is 0 Å². The van der Waals surface area contributed by atoms with Crippen LogP contribution in [0.25, 0.3) is 6.08 Å². The van der Waals surface area contributed by atoms with E-state index in [1.807, 2.05) is 44.7 Å². The molecule has 2 heterocycles. The van der Waals surface area contributed by atoms with Crippen molar-refractivity contribution in [1.29, 1.82) is 0 Å². The molecule has 22 nitrogen and oxygen atoms in total. The third-order valence-electron chi connectivity index (χ3n) is 11.8. The standard InChI is InChI=1S/C58H90F4N6O16S/c1-5-15-68(16-9-14-64-51(70)41-58(2,3)4)57(73)43-37-48-47(67-49(63)38-43)39-44(85-48)10-7-6-8-13-65-52(71)42-66-50(69)11-17-74-19-21-76-23-25-78-27-29-80-31-33-82-35-36-83-34-32-81-30-28-79-26-24-77-22-20-75-18-12-53(72)84-56-54(61)45(59)40-46(60)55(56)62/h37,39-40H,5-36,38,41-42H2,1-4H3,(H2,63,67)(H,64,70)(H,65,71)(H,66,69). The Labute approximate surface area is 500 Å². The normalized spacial score (nSPS) is 12.3. The van der Waals surface area contributed by atoms with Crippen LogP contribution >= 0.6 is 11.3 Å². The number of rotatable bonds is 50. The molecule has 0 bridgehead atoms. The van der Waals surface area contributed by atoms with Gasteiger partial charge in [0, 0.05) is 62.0 Å². The lowest BCUT2D eigenvalue weighted by Crippen LogP contribution is -2.37. The number of benzene rings is 1. The molecule has 0 radical (unpaired) electrons. The molecule has 1 aromatic heterocycles. The zero-order chi connectivity index (χ0) is 61.9. The smallest absolute Gasteiger partial charge is 0.313 e. The second-order valence-electron chi connectivity index (χ2n) is 20.5. The van der Waals surface area contributed by atoms with Gasteiger partial charge in [-0.05, 0) is 49.7 Å². The number of hydrogen-bond donors (Lipinski definition) is 4. The van der Waals surface area contributed by atoms with Crippen LogP contribution in [0, 0.1) is 28.7 Å². The molecule has 0 unspecified atom stereocenters. The molecule has 1 aromatic carbocycles. The summed E-state index contributed by atoms with van der Waals surface area (Å²) in [5.41, 5.74) is 7.58. The highest BCUT2D eigenvalue weighted by Crippen LogP contribution is 2.36. The monoisotopic (exact) mass is 1230 g/mol. The quantitative estimate of drug-likeness (QED) is 0.0202. The molecule has 3 rings (SSSR count). The number of carbonyl (C=O) groups excluding carboxylic acids is 5. The van der Waals surface area contributed by atoms with Crippen LogP contribution in [-0.4, -0.2) is 205 Å². The van der Waals surface area contributed by atoms with Gasteiger partial charge in [0.2, 0.25) is 41.0 Å². The molecule has 482 valence electrons. The van der Waals surface area contributed by atoms with E-state index in [2.05, 4.69) is 25.7 Å². The number of fused-ring (bicyclic) bond motifs is 1. The molecular formula is C58H90F4N6O16S. The van der Waals surface area contributed by atoms with Crippen LogP contribution in [0.2, 0.25) is 0 Å². The minimum absolute atomic E-state index is 0.0127. The first kappa shape index (κ1) is 74.1. The van der Waals surface area contributed by atoms with Crippen LogP contribution in [0.15, 0.2) is 22.7 Å². The van der Waals surface area contributed by atoms with E-state index in [9.17, 15) is 41.5 Å². The van der Waals surface area contributed by atoms with Gasteiger partial charge in [-0.2, -0.15) is 8.78 Å². The molecule has 2 aromatic rings. The maximum Gasteiger partial charge on any atom is 0.313 e. The minimum Gasteiger partial charge on any atom is -0.420 e. The number of nitrogens with one attached hydrogen (secondary N) is 3. The van der Waals surface area contributed by atoms with Gasteiger partial charge in [0.05, 0.1) is 156 Å². The second kappa shape index (κ2) is 45.1. The molecule has 0 spiro atoms. The molecule has 0 saturated heterocycles. The molecule has 27 heteroatoms. The van der Waals surface area contributed by atoms with Gasteiger partial charge in [-0.3, -0.25) is 24.0 Å². The largest absolute Gasteiger partial charge is 0.420 e. The summed E-state index contributed by atoms with van der Waals surface area (Å²) >= 11 is 1.61. The number of nitrogens with zero attached hydrogens (tertiary/aromatic N) is 2. The summed E-state index contributed by atoms with van der Waals surface area (Å²) in [5.74, 6) is -9.74. The van der Waals surface area contributed by atoms with Gasteiger partial charge in [0.1, 0.15) is 5.84 Å². The van der Waals surface area contributed by atoms with Crippen molar-refractivity contribution >= 4 is 58.5 Å². The van der Waals surface area contributed by atoms with Crippen molar-refractivity contribution in [3.05, 3.63) is 50.7 Å². The maximum absolute atomic E-state index is 13.7. The van der Waals surface area contributed by atoms with E-state index in [-0.39, 0.29) is 87.5 Å². The molecular weight excluding hydrogens is 1140 g/mol. The highest BCUT2D eigenvalue weighted by molar-refractivity contribution is 7.13. The number of unbranched alkanes of at least 4 members (excludes halogenated alkanes) is 2. The number of aryl methyl sites for hydroxylation is 1. The summed E-state index contributed by atoms with van der Waals surface area (Å²) in [7, 11) is 0. The van der Waals surface area contributed by atoms with Gasteiger partial charge < -0.3 is 78.7 Å². The number of halogens is 4. The number of carbonyl (C=O) groups is 5. The van der Waals surface area contributed by atoms with Gasteiger partial charge in [0.25, 0.3) is 0 Å². The Balaban J connectivity index is 1.02. The molecule has 5 N–H and O–H groups in total. The average Bonchev–Trinajstić information content (AvgIpc) is 2.96. The van der Waals surface area contributed by atoms with E-state index < -0.39 is 41.4 Å². The molecule has 85 heavy (non-hydrogen) atoms. The van der Waals surface area contributed by atoms with Crippen molar-refractivity contribution in [3.8, 4) is 5.75 Å². The van der Waals surface area contributed by atoms with E-state index in [0.29, 0.717) is 150 Å². The lowest BCUT2D eigenvalue weighted by Gasteiger charge is -2.24. The van der Waals surface area contributed by atoms with Crippen LogP contribution in [0.1, 0.15) is 95.2 Å². The summed E-state index contributed by atoms with van der Waals surface area (Å²) in [5, 5.41) is 8.44. The van der Waals surface area contributed by atoms with Crippen LogP contribution in [0.5, 0.6) is 5.75 Å². The Morgan fingerprint density at radius 3 is 1.55 bits per heavy atom. The number of aliphatic imine (C=N–C) groups is 1. The minimum atomic E-state index is -1.80. The molecule has 0 aliphatic carbocycles. The predicted molar refractivity (Wildman–Crippen MR) is 310 cm³/mol. The Bertz CT molecular complexity index is 2300. The predicted octanol–water partition coefficient (Wildman–Crippen LogP) is 5.76. The summed E-state index contributed by atoms with van der Waals surface area (Å²) in [6.45, 7) is 16.4. The van der Waals surface area contributed by atoms with Crippen molar-refractivity contribution in [1.82, 2.24) is 20.9 Å². The highest BCUT2D eigenvalue weighted by atomic mass is 32.1. The summed E-state index contributed by atoms with van der Waals surface area (Å²) < 4.78 is 112. The Hall–Kier alpha value is -5.20. The first-order valence-corrected chi connectivity index (χ1v) is 29.9. The van der Waals surface area contributed by atoms with Crippen molar-refractivity contribution in [2.75, 3.05) is 165 Å². The third-order valence-corrected chi connectivity index (χ3v) is 13.0. The van der Waals surface area contributed by atoms with Crippen molar-refractivity contribution < 1.29 is 93.6 Å². The Morgan fingerprint density at radius 2 is 1.06 bits per heavy atom. The zero-order valence-electron chi connectivity index (χ0n) is 49.9. The number of thiophene rings is 1. The van der Waals surface area contributed by atoms with Crippen molar-refractivity contribution in [2.45, 2.75) is 91.9 Å². The average molecular weight is 1240 g/mol. The topological polar surface area (TPSA) is 265 Å².